The molecule has 0 atom stereocenters. The Hall–Kier alpha value is -2.96. The van der Waals surface area contributed by atoms with Crippen molar-refractivity contribution in [2.75, 3.05) is 6.54 Å². The van der Waals surface area contributed by atoms with Gasteiger partial charge in [-0.15, -0.1) is 10.2 Å². The standard InChI is InChI=1S/C19H22N6O/c1-4-24-12-20-21-18(24)17-15-11-25(9-8-16(15)23(3)22-17)19(26)14-7-5-6-13(2)10-14/h5-7,10,12H,4,8-9,11H2,1-3H3. The van der Waals surface area contributed by atoms with Crippen LogP contribution in [0.25, 0.3) is 11.5 Å². The van der Waals surface area contributed by atoms with Gasteiger partial charge in [0.1, 0.15) is 12.0 Å². The molecule has 0 bridgehead atoms. The maximum absolute atomic E-state index is 13.0. The second-order valence-corrected chi connectivity index (χ2v) is 6.68. The molecule has 0 N–H and O–H groups in total. The van der Waals surface area contributed by atoms with Crippen LogP contribution in [0.1, 0.15) is 34.1 Å². The van der Waals surface area contributed by atoms with E-state index in [0.29, 0.717) is 13.1 Å². The van der Waals surface area contributed by atoms with Crippen LogP contribution in [0.2, 0.25) is 0 Å². The Labute approximate surface area is 152 Å². The van der Waals surface area contributed by atoms with E-state index in [-0.39, 0.29) is 5.91 Å². The molecule has 7 nitrogen and oxygen atoms in total. The van der Waals surface area contributed by atoms with Gasteiger partial charge in [0.15, 0.2) is 5.82 Å². The molecule has 0 saturated heterocycles. The molecule has 3 aromatic rings. The third-order valence-electron chi connectivity index (χ3n) is 4.96. The van der Waals surface area contributed by atoms with E-state index in [1.807, 2.05) is 52.4 Å². The molecule has 0 fully saturated rings. The molecule has 1 aliphatic heterocycles. The van der Waals surface area contributed by atoms with Crippen molar-refractivity contribution in [3.8, 4) is 11.5 Å². The average molecular weight is 350 g/mol. The van der Waals surface area contributed by atoms with Crippen molar-refractivity contribution in [1.82, 2.24) is 29.4 Å². The summed E-state index contributed by atoms with van der Waals surface area (Å²) >= 11 is 0. The van der Waals surface area contributed by atoms with Crippen LogP contribution in [0.3, 0.4) is 0 Å². The lowest BCUT2D eigenvalue weighted by Crippen LogP contribution is -2.36. The van der Waals surface area contributed by atoms with Gasteiger partial charge in [0.05, 0.1) is 6.54 Å². The lowest BCUT2D eigenvalue weighted by molar-refractivity contribution is 0.0733. The second-order valence-electron chi connectivity index (χ2n) is 6.68. The zero-order valence-corrected chi connectivity index (χ0v) is 15.3. The van der Waals surface area contributed by atoms with E-state index >= 15 is 0 Å². The Balaban J connectivity index is 1.69. The average Bonchev–Trinajstić information content (AvgIpc) is 3.25. The third kappa shape index (κ3) is 2.69. The van der Waals surface area contributed by atoms with Gasteiger partial charge in [-0.3, -0.25) is 9.48 Å². The highest BCUT2D eigenvalue weighted by atomic mass is 16.2. The molecule has 7 heteroatoms. The smallest absolute Gasteiger partial charge is 0.254 e. The highest BCUT2D eigenvalue weighted by Crippen LogP contribution is 2.29. The molecule has 1 aliphatic rings. The number of carbonyl (C=O) groups excluding carboxylic acids is 1. The van der Waals surface area contributed by atoms with Gasteiger partial charge in [-0.05, 0) is 26.0 Å². The number of hydrogen-bond donors (Lipinski definition) is 0. The fourth-order valence-corrected chi connectivity index (χ4v) is 3.58. The van der Waals surface area contributed by atoms with Crippen molar-refractivity contribution in [2.24, 2.45) is 7.05 Å². The number of nitrogens with zero attached hydrogens (tertiary/aromatic N) is 6. The Morgan fingerprint density at radius 3 is 2.92 bits per heavy atom. The second kappa shape index (κ2) is 6.40. The van der Waals surface area contributed by atoms with E-state index in [1.165, 1.54) is 5.69 Å². The molecule has 0 unspecified atom stereocenters. The van der Waals surface area contributed by atoms with Crippen LogP contribution < -0.4 is 0 Å². The quantitative estimate of drug-likeness (QED) is 0.726. The Morgan fingerprint density at radius 1 is 1.31 bits per heavy atom. The van der Waals surface area contributed by atoms with Crippen molar-refractivity contribution in [1.29, 1.82) is 0 Å². The topological polar surface area (TPSA) is 68.8 Å². The highest BCUT2D eigenvalue weighted by Gasteiger charge is 2.29. The van der Waals surface area contributed by atoms with E-state index in [0.717, 1.165) is 41.2 Å². The summed E-state index contributed by atoms with van der Waals surface area (Å²) in [5.41, 5.74) is 4.88. The zero-order chi connectivity index (χ0) is 18.3. The van der Waals surface area contributed by atoms with Gasteiger partial charge in [-0.25, -0.2) is 0 Å². The molecule has 2 aromatic heterocycles. The van der Waals surface area contributed by atoms with E-state index in [1.54, 1.807) is 6.33 Å². The maximum atomic E-state index is 13.0. The van der Waals surface area contributed by atoms with Crippen molar-refractivity contribution >= 4 is 5.91 Å². The fourth-order valence-electron chi connectivity index (χ4n) is 3.58. The molecule has 4 rings (SSSR count). The summed E-state index contributed by atoms with van der Waals surface area (Å²) in [4.78, 5) is 14.9. The minimum atomic E-state index is 0.0612. The number of benzene rings is 1. The van der Waals surface area contributed by atoms with Gasteiger partial charge in [0.2, 0.25) is 0 Å². The number of carbonyl (C=O) groups is 1. The molecule has 1 aromatic carbocycles. The van der Waals surface area contributed by atoms with Crippen LogP contribution >= 0.6 is 0 Å². The van der Waals surface area contributed by atoms with Crippen molar-refractivity contribution < 1.29 is 4.79 Å². The first kappa shape index (κ1) is 16.5. The number of aromatic nitrogens is 5. The number of hydrogen-bond acceptors (Lipinski definition) is 4. The molecule has 0 radical (unpaired) electrons. The summed E-state index contributed by atoms with van der Waals surface area (Å²) < 4.78 is 3.89. The molecule has 1 amide bonds. The molecule has 0 aliphatic carbocycles. The van der Waals surface area contributed by atoms with Crippen LogP contribution in [-0.4, -0.2) is 41.9 Å². The monoisotopic (exact) mass is 350 g/mol. The first-order valence-corrected chi connectivity index (χ1v) is 8.87. The molecule has 0 saturated carbocycles. The van der Waals surface area contributed by atoms with Gasteiger partial charge < -0.3 is 9.47 Å². The predicted molar refractivity (Wildman–Crippen MR) is 97.5 cm³/mol. The molecular weight excluding hydrogens is 328 g/mol. The predicted octanol–water partition coefficient (Wildman–Crippen LogP) is 2.21. The molecular formula is C19H22N6O. The summed E-state index contributed by atoms with van der Waals surface area (Å²) in [5.74, 6) is 0.820. The molecule has 134 valence electrons. The summed E-state index contributed by atoms with van der Waals surface area (Å²) in [7, 11) is 1.95. The normalized spacial score (nSPS) is 13.7. The SMILES string of the molecule is CCn1cnnc1-c1nn(C)c2c1CN(C(=O)c1cccc(C)c1)CC2. The minimum Gasteiger partial charge on any atom is -0.334 e. The highest BCUT2D eigenvalue weighted by molar-refractivity contribution is 5.94. The minimum absolute atomic E-state index is 0.0612. The number of aryl methyl sites for hydroxylation is 3. The molecule has 26 heavy (non-hydrogen) atoms. The van der Waals surface area contributed by atoms with Crippen LogP contribution in [0.5, 0.6) is 0 Å². The van der Waals surface area contributed by atoms with Gasteiger partial charge >= 0.3 is 0 Å². The van der Waals surface area contributed by atoms with Crippen LogP contribution in [0.15, 0.2) is 30.6 Å². The van der Waals surface area contributed by atoms with Gasteiger partial charge in [0, 0.05) is 43.4 Å². The Bertz CT molecular complexity index is 970. The summed E-state index contributed by atoms with van der Waals surface area (Å²) in [6, 6.07) is 7.75. The third-order valence-corrected chi connectivity index (χ3v) is 4.96. The largest absolute Gasteiger partial charge is 0.334 e. The van der Waals surface area contributed by atoms with Crippen molar-refractivity contribution in [2.45, 2.75) is 33.4 Å². The van der Waals surface area contributed by atoms with Gasteiger partial charge in [0.25, 0.3) is 5.91 Å². The Kier molecular flexibility index (Phi) is 4.06. The molecule has 0 spiro atoms. The van der Waals surface area contributed by atoms with Crippen molar-refractivity contribution in [3.63, 3.8) is 0 Å². The van der Waals surface area contributed by atoms with E-state index < -0.39 is 0 Å². The zero-order valence-electron chi connectivity index (χ0n) is 15.3. The summed E-state index contributed by atoms with van der Waals surface area (Å²) in [6.07, 6.45) is 2.51. The van der Waals surface area contributed by atoms with Crippen LogP contribution in [-0.2, 0) is 26.6 Å². The number of fused-ring (bicyclic) bond motifs is 1. The maximum Gasteiger partial charge on any atom is 0.254 e. The lowest BCUT2D eigenvalue weighted by atomic mass is 10.0. The molecule has 3 heterocycles. The number of rotatable bonds is 3. The van der Waals surface area contributed by atoms with E-state index in [4.69, 9.17) is 0 Å². The lowest BCUT2D eigenvalue weighted by Gasteiger charge is -2.28. The number of amides is 1. The van der Waals surface area contributed by atoms with E-state index in [9.17, 15) is 4.79 Å². The first-order chi connectivity index (χ1) is 12.6. The van der Waals surface area contributed by atoms with Crippen LogP contribution in [0.4, 0.5) is 0 Å². The van der Waals surface area contributed by atoms with Gasteiger partial charge in [-0.2, -0.15) is 5.10 Å². The summed E-state index contributed by atoms with van der Waals surface area (Å²) in [6.45, 7) is 6.07. The first-order valence-electron chi connectivity index (χ1n) is 8.87. The van der Waals surface area contributed by atoms with E-state index in [2.05, 4.69) is 22.2 Å². The van der Waals surface area contributed by atoms with Crippen molar-refractivity contribution in [3.05, 3.63) is 53.0 Å². The van der Waals surface area contributed by atoms with Gasteiger partial charge in [-0.1, -0.05) is 17.7 Å². The summed E-state index contributed by atoms with van der Waals surface area (Å²) in [5, 5.41) is 13.0. The fraction of sp³-hybridized carbons (Fsp3) is 0.368. The Morgan fingerprint density at radius 2 is 2.15 bits per heavy atom. The van der Waals surface area contributed by atoms with Crippen LogP contribution in [0, 0.1) is 6.92 Å².